The summed E-state index contributed by atoms with van der Waals surface area (Å²) in [6.07, 6.45) is 1.59. The fourth-order valence-corrected chi connectivity index (χ4v) is 3.74. The smallest absolute Gasteiger partial charge is 0.268 e. The summed E-state index contributed by atoms with van der Waals surface area (Å²) in [5, 5.41) is 5.31. The first-order valence-corrected chi connectivity index (χ1v) is 10.6. The predicted molar refractivity (Wildman–Crippen MR) is 127 cm³/mol. The van der Waals surface area contributed by atoms with E-state index in [4.69, 9.17) is 10.6 Å². The molecule has 1 aromatic carbocycles. The van der Waals surface area contributed by atoms with Crippen molar-refractivity contribution in [1.82, 2.24) is 21.3 Å². The molecule has 0 spiro atoms. The van der Waals surface area contributed by atoms with Crippen LogP contribution in [0.5, 0.6) is 0 Å². The van der Waals surface area contributed by atoms with Gasteiger partial charge in [0.1, 0.15) is 24.5 Å². The number of benzene rings is 1. The lowest BCUT2D eigenvalue weighted by Gasteiger charge is -2.09. The Balaban J connectivity index is 0.000000391. The summed E-state index contributed by atoms with van der Waals surface area (Å²) < 4.78 is 13.6. The van der Waals surface area contributed by atoms with Gasteiger partial charge in [0.2, 0.25) is 0 Å². The van der Waals surface area contributed by atoms with E-state index in [2.05, 4.69) is 31.4 Å². The lowest BCUT2D eigenvalue weighted by Crippen LogP contribution is -2.41. The lowest BCUT2D eigenvalue weighted by atomic mass is 10.0. The van der Waals surface area contributed by atoms with Crippen LogP contribution in [0, 0.1) is 19.7 Å². The van der Waals surface area contributed by atoms with Crippen LogP contribution >= 0.6 is 0 Å². The third-order valence-corrected chi connectivity index (χ3v) is 5.57. The summed E-state index contributed by atoms with van der Waals surface area (Å²) in [6, 6.07) is 2.84. The van der Waals surface area contributed by atoms with Crippen molar-refractivity contribution < 1.29 is 33.2 Å². The first-order valence-electron chi connectivity index (χ1n) is 10.6. The number of carbonyl (C=O) groups excluding carboxylic acids is 4. The summed E-state index contributed by atoms with van der Waals surface area (Å²) in [7, 11) is 0. The van der Waals surface area contributed by atoms with Crippen LogP contribution in [-0.4, -0.2) is 53.9 Å². The molecule has 2 atom stereocenters. The topological polar surface area (TPSA) is 177 Å². The van der Waals surface area contributed by atoms with E-state index in [0.29, 0.717) is 45.9 Å². The molecule has 2 aromatic rings. The van der Waals surface area contributed by atoms with E-state index < -0.39 is 29.7 Å². The number of rotatable bonds is 3. The van der Waals surface area contributed by atoms with Crippen molar-refractivity contribution in [2.24, 2.45) is 5.73 Å². The third kappa shape index (κ3) is 5.27. The highest BCUT2D eigenvalue weighted by Gasteiger charge is 2.30. The minimum Gasteiger partial charge on any atom is -0.358 e. The van der Waals surface area contributed by atoms with Crippen molar-refractivity contribution in [2.45, 2.75) is 33.4 Å². The summed E-state index contributed by atoms with van der Waals surface area (Å²) in [6.45, 7) is 3.79. The number of nitrogens with two attached hydrogens (primary N) is 1. The number of hydrogen-bond acceptors (Lipinski definition) is 7. The number of anilines is 1. The van der Waals surface area contributed by atoms with E-state index in [1.54, 1.807) is 19.9 Å². The highest BCUT2D eigenvalue weighted by atomic mass is 19.1. The van der Waals surface area contributed by atoms with Gasteiger partial charge in [-0.1, -0.05) is 7.43 Å². The molecule has 0 aliphatic carbocycles. The van der Waals surface area contributed by atoms with Gasteiger partial charge in [-0.25, -0.2) is 15.4 Å². The van der Waals surface area contributed by atoms with Crippen LogP contribution in [0.25, 0.3) is 11.6 Å². The first kappa shape index (κ1) is 26.5. The normalized spacial score (nSPS) is 21.1. The third-order valence-electron chi connectivity index (χ3n) is 5.57. The highest BCUT2D eigenvalue weighted by molar-refractivity contribution is 6.34. The van der Waals surface area contributed by atoms with Gasteiger partial charge >= 0.3 is 0 Å². The van der Waals surface area contributed by atoms with Crippen molar-refractivity contribution in [3.8, 4) is 0 Å². The number of aromatic amines is 1. The highest BCUT2D eigenvalue weighted by Crippen LogP contribution is 2.34. The van der Waals surface area contributed by atoms with Crippen molar-refractivity contribution in [3.63, 3.8) is 0 Å². The fraction of sp³-hybridized carbons (Fsp3) is 0.304. The molecule has 0 saturated carbocycles. The van der Waals surface area contributed by atoms with Crippen LogP contribution in [0.1, 0.15) is 40.3 Å². The van der Waals surface area contributed by atoms with Gasteiger partial charge in [0, 0.05) is 22.6 Å². The molecule has 7 N–H and O–H groups in total. The Bertz CT molecular complexity index is 1260. The summed E-state index contributed by atoms with van der Waals surface area (Å²) in [5.41, 5.74) is 12.8. The van der Waals surface area contributed by atoms with Gasteiger partial charge in [-0.2, -0.15) is 0 Å². The Morgan fingerprint density at radius 2 is 1.83 bits per heavy atom. The zero-order valence-electron chi connectivity index (χ0n) is 18.8. The number of hydroxylamine groups is 2. The van der Waals surface area contributed by atoms with Crippen molar-refractivity contribution in [3.05, 3.63) is 52.1 Å². The predicted octanol–water partition coefficient (Wildman–Crippen LogP) is 0.434. The van der Waals surface area contributed by atoms with Crippen molar-refractivity contribution in [1.29, 1.82) is 0 Å². The molecule has 192 valence electrons. The van der Waals surface area contributed by atoms with E-state index >= 15 is 0 Å². The van der Waals surface area contributed by atoms with Gasteiger partial charge < -0.3 is 21.4 Å². The van der Waals surface area contributed by atoms with E-state index in [9.17, 15) is 23.6 Å². The molecule has 3 aliphatic heterocycles. The molecule has 12 nitrogen and oxygen atoms in total. The maximum absolute atomic E-state index is 13.6. The van der Waals surface area contributed by atoms with Crippen LogP contribution < -0.4 is 27.3 Å². The molecule has 0 unspecified atom stereocenters. The zero-order chi connectivity index (χ0) is 25.3. The quantitative estimate of drug-likeness (QED) is 0.330. The lowest BCUT2D eigenvalue weighted by molar-refractivity contribution is -0.125. The summed E-state index contributed by atoms with van der Waals surface area (Å²) in [5.74, 6) is -1.87. The van der Waals surface area contributed by atoms with Crippen LogP contribution in [0.2, 0.25) is 0 Å². The molecular formula is C23H27FN6O6. The second-order valence-corrected chi connectivity index (χ2v) is 8.05. The first-order chi connectivity index (χ1) is 16.7. The van der Waals surface area contributed by atoms with Crippen LogP contribution in [0.15, 0.2) is 18.2 Å². The average molecular weight is 503 g/mol. The fourth-order valence-electron chi connectivity index (χ4n) is 3.74. The molecule has 1 aromatic heterocycles. The maximum atomic E-state index is 13.6. The number of amides is 4. The molecule has 36 heavy (non-hydrogen) atoms. The van der Waals surface area contributed by atoms with Gasteiger partial charge in [-0.05, 0) is 43.7 Å². The summed E-state index contributed by atoms with van der Waals surface area (Å²) >= 11 is 0. The zero-order valence-corrected chi connectivity index (χ0v) is 18.8. The van der Waals surface area contributed by atoms with Crippen molar-refractivity contribution in [2.75, 3.05) is 18.5 Å². The second-order valence-electron chi connectivity index (χ2n) is 8.05. The Labute approximate surface area is 205 Å². The Hall–Kier alpha value is -4.07. The number of nitrogens with one attached hydrogen (secondary N) is 5. The molecule has 4 heterocycles. The van der Waals surface area contributed by atoms with Crippen LogP contribution in [-0.2, 0) is 24.1 Å². The molecule has 13 heteroatoms. The SMILES string of the molecule is C.Cc1[nH]c(/C=C2\C(=O)Nc3ccc(F)cc32)c(C)c1C(=O)N[C@@H]1CONC1=O.N[C@@H]1CONC1=O. The monoisotopic (exact) mass is 502 g/mol. The number of H-pyrrole nitrogens is 1. The molecule has 0 radical (unpaired) electrons. The van der Waals surface area contributed by atoms with Gasteiger partial charge in [-0.15, -0.1) is 0 Å². The van der Waals surface area contributed by atoms with Gasteiger partial charge in [0.25, 0.3) is 23.6 Å². The second kappa shape index (κ2) is 10.7. The number of halogens is 1. The molecule has 4 amide bonds. The van der Waals surface area contributed by atoms with E-state index in [1.165, 1.54) is 18.2 Å². The minimum absolute atomic E-state index is 0. The standard InChI is InChI=1S/C19H17FN4O4.C3H6N2O2.CH4/c1-8-14(6-12-11-5-10(20)3-4-13(11)22-17(12)25)21-9(2)16(8)19(27)23-15-7-28-24-18(15)26;4-2-1-7-5-3(2)6;/h3-6,15,21H,7H2,1-2H3,(H,22,25)(H,23,27)(H,24,26);2H,1,4H2,(H,5,6);1H4/b12-6-;;/t15-;2-;/m11./s1. The molecule has 2 saturated heterocycles. The molecule has 0 bridgehead atoms. The number of hydrogen-bond donors (Lipinski definition) is 6. The van der Waals surface area contributed by atoms with E-state index in [-0.39, 0.29) is 25.8 Å². The molecular weight excluding hydrogens is 475 g/mol. The number of aromatic nitrogens is 1. The number of carbonyl (C=O) groups is 4. The molecule has 3 aliphatic rings. The Morgan fingerprint density at radius 1 is 1.14 bits per heavy atom. The average Bonchev–Trinajstić information content (AvgIpc) is 3.53. The van der Waals surface area contributed by atoms with Crippen molar-refractivity contribution >= 4 is 41.0 Å². The Kier molecular flexibility index (Phi) is 7.87. The molecule has 5 rings (SSSR count). The van der Waals surface area contributed by atoms with Gasteiger partial charge in [-0.3, -0.25) is 28.9 Å². The van der Waals surface area contributed by atoms with Gasteiger partial charge in [0.15, 0.2) is 0 Å². The van der Waals surface area contributed by atoms with Crippen LogP contribution in [0.4, 0.5) is 10.1 Å². The largest absolute Gasteiger partial charge is 0.358 e. The minimum atomic E-state index is -0.765. The Morgan fingerprint density at radius 3 is 2.42 bits per heavy atom. The number of fused-ring (bicyclic) bond motifs is 1. The van der Waals surface area contributed by atoms with Crippen LogP contribution in [0.3, 0.4) is 0 Å². The van der Waals surface area contributed by atoms with E-state index in [0.717, 1.165) is 0 Å². The molecule has 2 fully saturated rings. The van der Waals surface area contributed by atoms with Gasteiger partial charge in [0.05, 0.1) is 17.7 Å². The number of aryl methyl sites for hydroxylation is 1. The van der Waals surface area contributed by atoms with E-state index in [1.807, 2.05) is 0 Å². The maximum Gasteiger partial charge on any atom is 0.268 e. The summed E-state index contributed by atoms with van der Waals surface area (Å²) in [4.78, 5) is 59.1.